The highest BCUT2D eigenvalue weighted by Gasteiger charge is 2.05. The number of hydrogen-bond acceptors (Lipinski definition) is 2. The van der Waals surface area contributed by atoms with Crippen molar-refractivity contribution in [3.63, 3.8) is 0 Å². The van der Waals surface area contributed by atoms with E-state index >= 15 is 0 Å². The summed E-state index contributed by atoms with van der Waals surface area (Å²) in [5.41, 5.74) is 1.84. The summed E-state index contributed by atoms with van der Waals surface area (Å²) in [6.45, 7) is 3.94. The molecular weight excluding hydrogens is 298 g/mol. The lowest BCUT2D eigenvalue weighted by atomic mass is 10.1. The molecule has 3 nitrogen and oxygen atoms in total. The third kappa shape index (κ3) is 5.41. The van der Waals surface area contributed by atoms with Crippen LogP contribution in [-0.4, -0.2) is 12.0 Å². The van der Waals surface area contributed by atoms with E-state index in [4.69, 9.17) is 16.3 Å². The van der Waals surface area contributed by atoms with Gasteiger partial charge in [-0.15, -0.1) is 0 Å². The van der Waals surface area contributed by atoms with Crippen LogP contribution >= 0.6 is 11.6 Å². The Bertz CT molecular complexity index is 623. The predicted octanol–water partition coefficient (Wildman–Crippen LogP) is 4.70. The number of carbonyl (C=O) groups is 1. The second-order valence-electron chi connectivity index (χ2n) is 5.37. The Labute approximate surface area is 136 Å². The summed E-state index contributed by atoms with van der Waals surface area (Å²) < 4.78 is 5.61. The fourth-order valence-corrected chi connectivity index (χ4v) is 2.18. The summed E-state index contributed by atoms with van der Waals surface area (Å²) in [7, 11) is 0. The van der Waals surface area contributed by atoms with Gasteiger partial charge >= 0.3 is 0 Å². The van der Waals surface area contributed by atoms with Crippen LogP contribution in [0.4, 0.5) is 5.69 Å². The van der Waals surface area contributed by atoms with E-state index in [1.54, 1.807) is 0 Å². The molecule has 1 N–H and O–H groups in total. The quantitative estimate of drug-likeness (QED) is 0.838. The van der Waals surface area contributed by atoms with Gasteiger partial charge in [-0.3, -0.25) is 4.79 Å². The molecule has 2 aromatic carbocycles. The normalized spacial score (nSPS) is 10.5. The van der Waals surface area contributed by atoms with E-state index in [2.05, 4.69) is 5.32 Å². The molecule has 0 saturated heterocycles. The second-order valence-corrected chi connectivity index (χ2v) is 5.81. The lowest BCUT2D eigenvalue weighted by molar-refractivity contribution is -0.116. The maximum atomic E-state index is 12.0. The first-order chi connectivity index (χ1) is 10.5. The van der Waals surface area contributed by atoms with Crippen molar-refractivity contribution in [2.45, 2.75) is 32.8 Å². The number of benzene rings is 2. The fraction of sp³-hybridized carbons (Fsp3) is 0.278. The summed E-state index contributed by atoms with van der Waals surface area (Å²) in [6.07, 6.45) is 1.22. The van der Waals surface area contributed by atoms with Gasteiger partial charge in [0.25, 0.3) is 0 Å². The van der Waals surface area contributed by atoms with Crippen molar-refractivity contribution in [2.24, 2.45) is 0 Å². The van der Waals surface area contributed by atoms with Gasteiger partial charge in [0, 0.05) is 23.2 Å². The molecule has 116 valence electrons. The number of nitrogens with one attached hydrogen (secondary N) is 1. The summed E-state index contributed by atoms with van der Waals surface area (Å²) in [6, 6.07) is 15.0. The van der Waals surface area contributed by atoms with E-state index in [1.165, 1.54) is 0 Å². The van der Waals surface area contributed by atoms with Crippen LogP contribution in [0, 0.1) is 0 Å². The third-order valence-electron chi connectivity index (χ3n) is 3.04. The first-order valence-corrected chi connectivity index (χ1v) is 7.72. The maximum absolute atomic E-state index is 12.0. The minimum Gasteiger partial charge on any atom is -0.491 e. The lowest BCUT2D eigenvalue weighted by Crippen LogP contribution is -2.12. The highest BCUT2D eigenvalue weighted by Crippen LogP contribution is 2.19. The molecule has 0 spiro atoms. The zero-order valence-electron chi connectivity index (χ0n) is 12.8. The van der Waals surface area contributed by atoms with Crippen LogP contribution in [0.15, 0.2) is 48.5 Å². The van der Waals surface area contributed by atoms with Crippen molar-refractivity contribution in [2.75, 3.05) is 5.32 Å². The molecule has 0 atom stereocenters. The first-order valence-electron chi connectivity index (χ1n) is 7.34. The van der Waals surface area contributed by atoms with Crippen LogP contribution in [-0.2, 0) is 11.2 Å². The molecule has 0 unspecified atom stereocenters. The Morgan fingerprint density at radius 2 is 1.91 bits per heavy atom. The van der Waals surface area contributed by atoms with Gasteiger partial charge in [0.1, 0.15) is 5.75 Å². The summed E-state index contributed by atoms with van der Waals surface area (Å²) in [5, 5.41) is 3.60. The van der Waals surface area contributed by atoms with E-state index in [9.17, 15) is 4.79 Å². The van der Waals surface area contributed by atoms with Crippen LogP contribution in [0.3, 0.4) is 0 Å². The summed E-state index contributed by atoms with van der Waals surface area (Å²) >= 11 is 5.84. The molecule has 0 radical (unpaired) electrons. The average Bonchev–Trinajstić information content (AvgIpc) is 2.46. The Morgan fingerprint density at radius 3 is 2.59 bits per heavy atom. The predicted molar refractivity (Wildman–Crippen MR) is 90.6 cm³/mol. The maximum Gasteiger partial charge on any atom is 0.224 e. The van der Waals surface area contributed by atoms with E-state index in [0.29, 0.717) is 17.9 Å². The van der Waals surface area contributed by atoms with Crippen molar-refractivity contribution < 1.29 is 9.53 Å². The van der Waals surface area contributed by atoms with Gasteiger partial charge < -0.3 is 10.1 Å². The largest absolute Gasteiger partial charge is 0.491 e. The molecule has 0 saturated carbocycles. The van der Waals surface area contributed by atoms with Crippen LogP contribution in [0.25, 0.3) is 0 Å². The Hall–Kier alpha value is -2.00. The number of ether oxygens (including phenoxy) is 1. The lowest BCUT2D eigenvalue weighted by Gasteiger charge is -2.11. The molecule has 0 aliphatic carbocycles. The van der Waals surface area contributed by atoms with Crippen molar-refractivity contribution in [1.29, 1.82) is 0 Å². The number of rotatable bonds is 6. The number of carbonyl (C=O) groups excluding carboxylic acids is 1. The molecule has 0 bridgehead atoms. The van der Waals surface area contributed by atoms with E-state index in [-0.39, 0.29) is 12.0 Å². The first kappa shape index (κ1) is 16.4. The molecule has 0 aliphatic rings. The van der Waals surface area contributed by atoms with Crippen molar-refractivity contribution in [1.82, 2.24) is 0 Å². The smallest absolute Gasteiger partial charge is 0.224 e. The van der Waals surface area contributed by atoms with Gasteiger partial charge in [-0.2, -0.15) is 0 Å². The Morgan fingerprint density at radius 1 is 1.18 bits per heavy atom. The highest BCUT2D eigenvalue weighted by molar-refractivity contribution is 6.30. The molecule has 4 heteroatoms. The molecule has 2 rings (SSSR count). The third-order valence-corrected chi connectivity index (χ3v) is 3.30. The van der Waals surface area contributed by atoms with E-state index in [1.807, 2.05) is 62.4 Å². The van der Waals surface area contributed by atoms with Gasteiger partial charge in [0.05, 0.1) is 6.10 Å². The SMILES string of the molecule is CC(C)Oc1cccc(NC(=O)CCc2ccc(Cl)cc2)c1. The van der Waals surface area contributed by atoms with E-state index < -0.39 is 0 Å². The van der Waals surface area contributed by atoms with Crippen LogP contribution in [0.5, 0.6) is 5.75 Å². The minimum absolute atomic E-state index is 0.0170. The molecular formula is C18H20ClNO2. The number of amides is 1. The molecule has 2 aromatic rings. The molecule has 0 aliphatic heterocycles. The van der Waals surface area contributed by atoms with Gasteiger partial charge in [-0.25, -0.2) is 0 Å². The topological polar surface area (TPSA) is 38.3 Å². The Kier molecular flexibility index (Phi) is 5.84. The summed E-state index contributed by atoms with van der Waals surface area (Å²) in [4.78, 5) is 12.0. The average molecular weight is 318 g/mol. The summed E-state index contributed by atoms with van der Waals surface area (Å²) in [5.74, 6) is 0.738. The molecule has 0 aromatic heterocycles. The number of hydrogen-bond donors (Lipinski definition) is 1. The Balaban J connectivity index is 1.87. The van der Waals surface area contributed by atoms with Crippen molar-refractivity contribution in [3.05, 3.63) is 59.1 Å². The number of halogens is 1. The molecule has 0 fully saturated rings. The van der Waals surface area contributed by atoms with Crippen molar-refractivity contribution >= 4 is 23.2 Å². The van der Waals surface area contributed by atoms with Gasteiger partial charge in [0.2, 0.25) is 5.91 Å². The van der Waals surface area contributed by atoms with E-state index in [0.717, 1.165) is 17.0 Å². The highest BCUT2D eigenvalue weighted by atomic mass is 35.5. The van der Waals surface area contributed by atoms with Crippen LogP contribution in [0.2, 0.25) is 5.02 Å². The standard InChI is InChI=1S/C18H20ClNO2/c1-13(2)22-17-5-3-4-16(12-17)20-18(21)11-8-14-6-9-15(19)10-7-14/h3-7,9-10,12-13H,8,11H2,1-2H3,(H,20,21). The fourth-order valence-electron chi connectivity index (χ4n) is 2.05. The molecule has 1 amide bonds. The van der Waals surface area contributed by atoms with Gasteiger partial charge in [-0.1, -0.05) is 29.8 Å². The van der Waals surface area contributed by atoms with Crippen LogP contribution in [0.1, 0.15) is 25.8 Å². The number of aryl methyl sites for hydroxylation is 1. The van der Waals surface area contributed by atoms with Crippen molar-refractivity contribution in [3.8, 4) is 5.75 Å². The minimum atomic E-state index is -0.0170. The monoisotopic (exact) mass is 317 g/mol. The zero-order chi connectivity index (χ0) is 15.9. The van der Waals surface area contributed by atoms with Gasteiger partial charge in [0.15, 0.2) is 0 Å². The van der Waals surface area contributed by atoms with Crippen LogP contribution < -0.4 is 10.1 Å². The molecule has 22 heavy (non-hydrogen) atoms. The van der Waals surface area contributed by atoms with Gasteiger partial charge in [-0.05, 0) is 50.1 Å². The second kappa shape index (κ2) is 7.85. The molecule has 0 heterocycles. The zero-order valence-corrected chi connectivity index (χ0v) is 13.6. The number of anilines is 1.